The van der Waals surface area contributed by atoms with E-state index in [0.29, 0.717) is 31.3 Å². The summed E-state index contributed by atoms with van der Waals surface area (Å²) in [6.45, 7) is 3.42. The molecule has 2 saturated heterocycles. The quantitative estimate of drug-likeness (QED) is 0.815. The topological polar surface area (TPSA) is 75.4 Å². The van der Waals surface area contributed by atoms with Crippen molar-refractivity contribution in [2.75, 3.05) is 26.7 Å². The van der Waals surface area contributed by atoms with Gasteiger partial charge in [-0.25, -0.2) is 0 Å². The molecule has 0 aromatic carbocycles. The van der Waals surface area contributed by atoms with E-state index in [0.717, 1.165) is 31.0 Å². The Balaban J connectivity index is 1.35. The van der Waals surface area contributed by atoms with E-state index in [1.54, 1.807) is 6.20 Å². The number of hydrogen-bond donors (Lipinski definition) is 0. The van der Waals surface area contributed by atoms with Crippen LogP contribution in [0.5, 0.6) is 0 Å². The number of rotatable bonds is 5. The monoisotopic (exact) mass is 355 g/mol. The predicted octanol–water partition coefficient (Wildman–Crippen LogP) is 1.86. The zero-order chi connectivity index (χ0) is 17.9. The molecule has 4 rings (SSSR count). The maximum atomic E-state index is 12.3. The summed E-state index contributed by atoms with van der Waals surface area (Å²) in [5, 5.41) is 4.17. The molecular weight excluding hydrogens is 330 g/mol. The fraction of sp³-hybridized carbons (Fsp3) is 0.579. The van der Waals surface area contributed by atoms with Crippen LogP contribution in [0.2, 0.25) is 0 Å². The van der Waals surface area contributed by atoms with Crippen LogP contribution in [0.3, 0.4) is 0 Å². The SMILES string of the molecule is CN1CCC(Cc2noc([C@H]3CC(=O)N(Cc4ccccn4)C3)n2)CC1. The van der Waals surface area contributed by atoms with Crippen molar-refractivity contribution in [2.24, 2.45) is 5.92 Å². The molecule has 2 aliphatic rings. The number of piperidine rings is 1. The molecule has 2 fully saturated rings. The van der Waals surface area contributed by atoms with Crippen molar-refractivity contribution >= 4 is 5.91 Å². The van der Waals surface area contributed by atoms with Crippen LogP contribution in [0.15, 0.2) is 28.9 Å². The maximum Gasteiger partial charge on any atom is 0.232 e. The van der Waals surface area contributed by atoms with Gasteiger partial charge in [0.05, 0.1) is 18.2 Å². The third-order valence-electron chi connectivity index (χ3n) is 5.44. The number of carbonyl (C=O) groups excluding carboxylic acids is 1. The average Bonchev–Trinajstić information content (AvgIpc) is 3.25. The average molecular weight is 355 g/mol. The Labute approximate surface area is 153 Å². The lowest BCUT2D eigenvalue weighted by atomic mass is 9.93. The highest BCUT2D eigenvalue weighted by Gasteiger charge is 2.34. The van der Waals surface area contributed by atoms with Crippen molar-refractivity contribution in [1.29, 1.82) is 0 Å². The smallest absolute Gasteiger partial charge is 0.232 e. The molecule has 0 N–H and O–H groups in total. The fourth-order valence-electron chi connectivity index (χ4n) is 3.82. The lowest BCUT2D eigenvalue weighted by molar-refractivity contribution is -0.128. The molecule has 138 valence electrons. The zero-order valence-electron chi connectivity index (χ0n) is 15.2. The van der Waals surface area contributed by atoms with Gasteiger partial charge in [0.2, 0.25) is 11.8 Å². The van der Waals surface area contributed by atoms with Crippen LogP contribution in [0.25, 0.3) is 0 Å². The van der Waals surface area contributed by atoms with Gasteiger partial charge in [-0.05, 0) is 51.0 Å². The van der Waals surface area contributed by atoms with Gasteiger partial charge in [-0.2, -0.15) is 4.98 Å². The molecule has 2 aliphatic heterocycles. The van der Waals surface area contributed by atoms with Crippen LogP contribution in [-0.4, -0.2) is 57.5 Å². The van der Waals surface area contributed by atoms with Gasteiger partial charge in [-0.15, -0.1) is 0 Å². The van der Waals surface area contributed by atoms with Crippen molar-refractivity contribution in [2.45, 2.75) is 38.1 Å². The summed E-state index contributed by atoms with van der Waals surface area (Å²) < 4.78 is 5.49. The molecule has 2 aromatic rings. The van der Waals surface area contributed by atoms with Gasteiger partial charge in [0.25, 0.3) is 0 Å². The summed E-state index contributed by atoms with van der Waals surface area (Å²) in [4.78, 5) is 25.4. The lowest BCUT2D eigenvalue weighted by Gasteiger charge is -2.28. The number of nitrogens with zero attached hydrogens (tertiary/aromatic N) is 5. The molecule has 0 bridgehead atoms. The number of likely N-dealkylation sites (tertiary alicyclic amines) is 2. The second kappa shape index (κ2) is 7.53. The van der Waals surface area contributed by atoms with Crippen molar-refractivity contribution in [1.82, 2.24) is 24.9 Å². The molecule has 7 heteroatoms. The highest BCUT2D eigenvalue weighted by atomic mass is 16.5. The Bertz CT molecular complexity index is 739. The standard InChI is InChI=1S/C19H25N5O2/c1-23-8-5-14(6-9-23)10-17-21-19(26-22-17)15-11-18(25)24(12-15)13-16-4-2-3-7-20-16/h2-4,7,14-15H,5-6,8-13H2,1H3/t15-/m0/s1. The fourth-order valence-corrected chi connectivity index (χ4v) is 3.82. The molecule has 1 amide bonds. The van der Waals surface area contributed by atoms with E-state index < -0.39 is 0 Å². The summed E-state index contributed by atoms with van der Waals surface area (Å²) in [6, 6.07) is 5.75. The van der Waals surface area contributed by atoms with E-state index in [1.165, 1.54) is 12.8 Å². The molecule has 0 unspecified atom stereocenters. The Kier molecular flexibility index (Phi) is 4.97. The third-order valence-corrected chi connectivity index (χ3v) is 5.44. The van der Waals surface area contributed by atoms with E-state index in [2.05, 4.69) is 27.1 Å². The minimum atomic E-state index is -0.00930. The maximum absolute atomic E-state index is 12.3. The summed E-state index contributed by atoms with van der Waals surface area (Å²) in [5.74, 6) is 2.12. The highest BCUT2D eigenvalue weighted by Crippen LogP contribution is 2.28. The van der Waals surface area contributed by atoms with Gasteiger partial charge < -0.3 is 14.3 Å². The lowest BCUT2D eigenvalue weighted by Crippen LogP contribution is -2.31. The van der Waals surface area contributed by atoms with Gasteiger partial charge in [0.1, 0.15) is 0 Å². The van der Waals surface area contributed by atoms with Crippen LogP contribution >= 0.6 is 0 Å². The van der Waals surface area contributed by atoms with Gasteiger partial charge in [-0.1, -0.05) is 11.2 Å². The van der Waals surface area contributed by atoms with Crippen LogP contribution in [0.4, 0.5) is 0 Å². The molecule has 0 spiro atoms. The van der Waals surface area contributed by atoms with E-state index in [-0.39, 0.29) is 11.8 Å². The highest BCUT2D eigenvalue weighted by molar-refractivity contribution is 5.79. The Hall–Kier alpha value is -2.28. The molecule has 7 nitrogen and oxygen atoms in total. The van der Waals surface area contributed by atoms with E-state index >= 15 is 0 Å². The van der Waals surface area contributed by atoms with Crippen molar-refractivity contribution < 1.29 is 9.32 Å². The molecule has 0 saturated carbocycles. The summed E-state index contributed by atoms with van der Waals surface area (Å²) >= 11 is 0. The molecule has 0 aliphatic carbocycles. The van der Waals surface area contributed by atoms with Gasteiger partial charge in [0.15, 0.2) is 5.82 Å². The minimum Gasteiger partial charge on any atom is -0.339 e. The van der Waals surface area contributed by atoms with Gasteiger partial charge in [-0.3, -0.25) is 9.78 Å². The van der Waals surface area contributed by atoms with Gasteiger partial charge >= 0.3 is 0 Å². The second-order valence-corrected chi connectivity index (χ2v) is 7.50. The predicted molar refractivity (Wildman–Crippen MR) is 95.2 cm³/mol. The van der Waals surface area contributed by atoms with E-state index in [1.807, 2.05) is 23.1 Å². The number of amides is 1. The zero-order valence-corrected chi connectivity index (χ0v) is 15.2. The summed E-state index contributed by atoms with van der Waals surface area (Å²) in [7, 11) is 2.16. The van der Waals surface area contributed by atoms with Crippen LogP contribution in [0, 0.1) is 5.92 Å². The largest absolute Gasteiger partial charge is 0.339 e. The van der Waals surface area contributed by atoms with Crippen LogP contribution < -0.4 is 0 Å². The first kappa shape index (κ1) is 17.1. The molecule has 4 heterocycles. The summed E-state index contributed by atoms with van der Waals surface area (Å²) in [5.41, 5.74) is 0.898. The van der Waals surface area contributed by atoms with Crippen molar-refractivity contribution in [3.05, 3.63) is 41.8 Å². The second-order valence-electron chi connectivity index (χ2n) is 7.50. The number of carbonyl (C=O) groups is 1. The third kappa shape index (κ3) is 3.93. The van der Waals surface area contributed by atoms with Crippen LogP contribution in [0.1, 0.15) is 42.6 Å². The number of aromatic nitrogens is 3. The Morgan fingerprint density at radius 2 is 2.12 bits per heavy atom. The first-order valence-electron chi connectivity index (χ1n) is 9.36. The minimum absolute atomic E-state index is 0.00930. The molecular formula is C19H25N5O2. The van der Waals surface area contributed by atoms with Gasteiger partial charge in [0, 0.05) is 25.6 Å². The van der Waals surface area contributed by atoms with Crippen molar-refractivity contribution in [3.63, 3.8) is 0 Å². The molecule has 0 radical (unpaired) electrons. The molecule has 26 heavy (non-hydrogen) atoms. The van der Waals surface area contributed by atoms with E-state index in [4.69, 9.17) is 4.52 Å². The number of pyridine rings is 1. The van der Waals surface area contributed by atoms with Crippen LogP contribution in [-0.2, 0) is 17.8 Å². The molecule has 1 atom stereocenters. The molecule has 2 aromatic heterocycles. The normalized spacial score (nSPS) is 22.3. The Morgan fingerprint density at radius 1 is 1.27 bits per heavy atom. The van der Waals surface area contributed by atoms with E-state index in [9.17, 15) is 4.79 Å². The Morgan fingerprint density at radius 3 is 2.88 bits per heavy atom. The first-order chi connectivity index (χ1) is 12.7. The van der Waals surface area contributed by atoms with Crippen molar-refractivity contribution in [3.8, 4) is 0 Å². The first-order valence-corrected chi connectivity index (χ1v) is 9.36. The summed E-state index contributed by atoms with van der Waals surface area (Å²) in [6.07, 6.45) is 5.42. The number of hydrogen-bond acceptors (Lipinski definition) is 6.